The van der Waals surface area contributed by atoms with Crippen LogP contribution in [0.25, 0.3) is 0 Å². The topological polar surface area (TPSA) is 13.1 Å². The van der Waals surface area contributed by atoms with E-state index in [0.717, 1.165) is 5.76 Å². The molecular formula is C16H13O. The zero-order valence-electron chi connectivity index (χ0n) is 9.41. The van der Waals surface area contributed by atoms with E-state index in [2.05, 4.69) is 49.9 Å². The van der Waals surface area contributed by atoms with Gasteiger partial charge in [-0.3, -0.25) is 0 Å². The van der Waals surface area contributed by atoms with Crippen LogP contribution in [0.4, 0.5) is 0 Å². The first-order chi connectivity index (χ1) is 8.45. The summed E-state index contributed by atoms with van der Waals surface area (Å²) in [6, 6.07) is 14.4. The molecule has 1 heteroatoms. The molecule has 1 unspecified atom stereocenters. The molecule has 0 aliphatic heterocycles. The molecule has 0 spiro atoms. The molecule has 1 fully saturated rings. The van der Waals surface area contributed by atoms with Gasteiger partial charge in [-0.2, -0.15) is 0 Å². The summed E-state index contributed by atoms with van der Waals surface area (Å²) < 4.78 is 5.57. The lowest BCUT2D eigenvalue weighted by Crippen LogP contribution is -2.09. The van der Waals surface area contributed by atoms with Gasteiger partial charge >= 0.3 is 0 Å². The molecule has 1 aliphatic rings. The molecule has 1 aliphatic carbocycles. The van der Waals surface area contributed by atoms with Gasteiger partial charge in [0.05, 0.1) is 6.26 Å². The molecule has 1 saturated carbocycles. The summed E-state index contributed by atoms with van der Waals surface area (Å²) in [4.78, 5) is 0. The monoisotopic (exact) mass is 221 g/mol. The Labute approximate surface area is 102 Å². The molecule has 3 rings (SSSR count). The molecule has 0 saturated heterocycles. The highest BCUT2D eigenvalue weighted by molar-refractivity contribution is 5.47. The van der Waals surface area contributed by atoms with Gasteiger partial charge in [0.1, 0.15) is 5.76 Å². The van der Waals surface area contributed by atoms with E-state index in [-0.39, 0.29) is 5.92 Å². The number of hydrogen-bond donors (Lipinski definition) is 0. The second kappa shape index (κ2) is 4.79. The zero-order valence-corrected chi connectivity index (χ0v) is 9.41. The van der Waals surface area contributed by atoms with E-state index in [4.69, 9.17) is 4.42 Å². The van der Waals surface area contributed by atoms with Gasteiger partial charge in [-0.25, -0.2) is 0 Å². The van der Waals surface area contributed by atoms with Crippen molar-refractivity contribution >= 4 is 0 Å². The molecule has 1 heterocycles. The average Bonchev–Trinajstić information content (AvgIpc) is 3.04. The minimum Gasteiger partial charge on any atom is -0.469 e. The molecular weight excluding hydrogens is 208 g/mol. The van der Waals surface area contributed by atoms with Crippen LogP contribution in [0.1, 0.15) is 17.2 Å². The van der Waals surface area contributed by atoms with E-state index in [9.17, 15) is 0 Å². The normalized spacial score (nSPS) is 18.4. The summed E-state index contributed by atoms with van der Waals surface area (Å²) in [6.07, 6.45) is 10.1. The maximum absolute atomic E-state index is 5.57. The van der Waals surface area contributed by atoms with Crippen molar-refractivity contribution in [2.75, 3.05) is 0 Å². The highest BCUT2D eigenvalue weighted by atomic mass is 16.3. The molecule has 0 amide bonds. The number of rotatable bonds is 3. The van der Waals surface area contributed by atoms with Gasteiger partial charge in [0, 0.05) is 5.92 Å². The highest BCUT2D eigenvalue weighted by Gasteiger charge is 2.30. The maximum atomic E-state index is 5.57. The lowest BCUT2D eigenvalue weighted by atomic mass is 9.83. The van der Waals surface area contributed by atoms with Crippen molar-refractivity contribution in [3.63, 3.8) is 0 Å². The second-order valence-electron chi connectivity index (χ2n) is 4.08. The van der Waals surface area contributed by atoms with E-state index in [1.165, 1.54) is 11.5 Å². The lowest BCUT2D eigenvalue weighted by molar-refractivity contribution is 0.494. The Hall–Kier alpha value is -1.50. The van der Waals surface area contributed by atoms with Crippen molar-refractivity contribution in [1.82, 2.24) is 0 Å². The Balaban J connectivity index is 1.96. The average molecular weight is 221 g/mol. The minimum absolute atomic E-state index is 0.196. The Morgan fingerprint density at radius 1 is 0.824 bits per heavy atom. The Bertz CT molecular complexity index is 438. The first kappa shape index (κ1) is 10.6. The minimum atomic E-state index is 0.196. The molecule has 0 bridgehead atoms. The van der Waals surface area contributed by atoms with Crippen molar-refractivity contribution in [3.8, 4) is 0 Å². The first-order valence-electron chi connectivity index (χ1n) is 5.75. The molecule has 1 nitrogen and oxygen atoms in total. The van der Waals surface area contributed by atoms with E-state index in [0.29, 0.717) is 0 Å². The molecule has 1 aromatic heterocycles. The van der Waals surface area contributed by atoms with E-state index < -0.39 is 0 Å². The van der Waals surface area contributed by atoms with Crippen molar-refractivity contribution in [1.29, 1.82) is 0 Å². The molecule has 0 N–H and O–H groups in total. The van der Waals surface area contributed by atoms with Gasteiger partial charge in [0.25, 0.3) is 0 Å². The summed E-state index contributed by atoms with van der Waals surface area (Å²) in [5.74, 6) is 2.45. The van der Waals surface area contributed by atoms with Crippen LogP contribution >= 0.6 is 0 Å². The Morgan fingerprint density at radius 3 is 2.24 bits per heavy atom. The predicted octanol–water partition coefficient (Wildman–Crippen LogP) is 3.82. The maximum Gasteiger partial charge on any atom is 0.111 e. The molecule has 1 aromatic carbocycles. The van der Waals surface area contributed by atoms with Crippen LogP contribution < -0.4 is 0 Å². The van der Waals surface area contributed by atoms with Gasteiger partial charge in [-0.1, -0.05) is 30.3 Å². The van der Waals surface area contributed by atoms with Crippen molar-refractivity contribution in [2.45, 2.75) is 5.92 Å². The molecule has 17 heavy (non-hydrogen) atoms. The quantitative estimate of drug-likeness (QED) is 0.768. The van der Waals surface area contributed by atoms with Gasteiger partial charge in [0.15, 0.2) is 0 Å². The third kappa shape index (κ3) is 2.14. The predicted molar refractivity (Wildman–Crippen MR) is 67.4 cm³/mol. The fourth-order valence-corrected chi connectivity index (χ4v) is 2.20. The Kier molecular flexibility index (Phi) is 3.00. The van der Waals surface area contributed by atoms with Crippen molar-refractivity contribution < 1.29 is 4.42 Å². The summed E-state index contributed by atoms with van der Waals surface area (Å²) in [7, 11) is 0. The summed E-state index contributed by atoms with van der Waals surface area (Å²) in [5.41, 5.74) is 1.26. The lowest BCUT2D eigenvalue weighted by Gasteiger charge is -2.20. The SMILES string of the molecule is [CH]1[CH][CH][C](C(c2ccccc2)c2ccco2)[CH]1. The van der Waals surface area contributed by atoms with Crippen LogP contribution in [0.15, 0.2) is 53.1 Å². The summed E-state index contributed by atoms with van der Waals surface area (Å²) in [6.45, 7) is 0. The summed E-state index contributed by atoms with van der Waals surface area (Å²) >= 11 is 0. The third-order valence-corrected chi connectivity index (χ3v) is 2.98. The van der Waals surface area contributed by atoms with Crippen molar-refractivity contribution in [2.24, 2.45) is 0 Å². The zero-order chi connectivity index (χ0) is 11.5. The van der Waals surface area contributed by atoms with Gasteiger partial charge in [0.2, 0.25) is 0 Å². The molecule has 83 valence electrons. The van der Waals surface area contributed by atoms with Crippen LogP contribution in [0.2, 0.25) is 0 Å². The molecule has 5 radical (unpaired) electrons. The van der Waals surface area contributed by atoms with Crippen LogP contribution in [0.5, 0.6) is 0 Å². The van der Waals surface area contributed by atoms with Crippen LogP contribution in [0, 0.1) is 31.6 Å². The fourth-order valence-electron chi connectivity index (χ4n) is 2.20. The smallest absolute Gasteiger partial charge is 0.111 e. The largest absolute Gasteiger partial charge is 0.469 e. The van der Waals surface area contributed by atoms with Crippen LogP contribution in [-0.4, -0.2) is 0 Å². The fraction of sp³-hybridized carbons (Fsp3) is 0.0625. The van der Waals surface area contributed by atoms with Gasteiger partial charge in [-0.15, -0.1) is 0 Å². The van der Waals surface area contributed by atoms with Crippen LogP contribution in [0.3, 0.4) is 0 Å². The van der Waals surface area contributed by atoms with E-state index >= 15 is 0 Å². The van der Waals surface area contributed by atoms with Gasteiger partial charge < -0.3 is 4.42 Å². The van der Waals surface area contributed by atoms with Crippen molar-refractivity contribution in [3.05, 3.63) is 91.7 Å². The standard InChI is InChI=1S/C16H13O/c1-2-7-13(8-3-1)16(14-9-4-5-10-14)15-11-6-12-17-15/h1-12,16H. The molecule has 1 atom stereocenters. The number of hydrogen-bond acceptors (Lipinski definition) is 1. The molecule has 2 aromatic rings. The third-order valence-electron chi connectivity index (χ3n) is 2.98. The second-order valence-corrected chi connectivity index (χ2v) is 4.08. The van der Waals surface area contributed by atoms with Crippen LogP contribution in [-0.2, 0) is 0 Å². The van der Waals surface area contributed by atoms with E-state index in [1.807, 2.05) is 18.2 Å². The first-order valence-corrected chi connectivity index (χ1v) is 5.75. The Morgan fingerprint density at radius 2 is 1.59 bits per heavy atom. The van der Waals surface area contributed by atoms with E-state index in [1.54, 1.807) is 6.26 Å². The van der Waals surface area contributed by atoms with Gasteiger partial charge in [-0.05, 0) is 49.3 Å². The number of furan rings is 1. The summed E-state index contributed by atoms with van der Waals surface area (Å²) in [5, 5.41) is 0. The highest BCUT2D eigenvalue weighted by Crippen LogP contribution is 2.41. The number of benzene rings is 1.